The SMILES string of the molecule is O=C(Cn1ccc2cc(S(=O)(=O)N3CCCCCC3)ccc21)NC[C@H]1CCCO1. The molecule has 2 fully saturated rings. The van der Waals surface area contributed by atoms with Gasteiger partial charge in [0.2, 0.25) is 15.9 Å². The Morgan fingerprint density at radius 2 is 1.90 bits per heavy atom. The molecule has 1 amide bonds. The van der Waals surface area contributed by atoms with Crippen LogP contribution in [0.5, 0.6) is 0 Å². The van der Waals surface area contributed by atoms with Crippen molar-refractivity contribution in [3.05, 3.63) is 30.5 Å². The predicted molar refractivity (Wildman–Crippen MR) is 111 cm³/mol. The van der Waals surface area contributed by atoms with E-state index in [2.05, 4.69) is 5.32 Å². The van der Waals surface area contributed by atoms with Crippen LogP contribution >= 0.6 is 0 Å². The number of sulfonamides is 1. The normalized spacial score (nSPS) is 21.3. The fraction of sp³-hybridized carbons (Fsp3) is 0.571. The van der Waals surface area contributed by atoms with Crippen LogP contribution in [0.1, 0.15) is 38.5 Å². The maximum atomic E-state index is 13.0. The maximum absolute atomic E-state index is 13.0. The van der Waals surface area contributed by atoms with Gasteiger partial charge in [-0.05, 0) is 49.9 Å². The third-order valence-corrected chi connectivity index (χ3v) is 7.70. The first-order valence-electron chi connectivity index (χ1n) is 10.5. The molecule has 1 aromatic heterocycles. The molecule has 0 spiro atoms. The molecule has 1 atom stereocenters. The second kappa shape index (κ2) is 8.85. The van der Waals surface area contributed by atoms with Crippen LogP contribution in [0, 0.1) is 0 Å². The Balaban J connectivity index is 1.46. The molecule has 2 aliphatic rings. The van der Waals surface area contributed by atoms with Crippen molar-refractivity contribution in [1.29, 1.82) is 0 Å². The van der Waals surface area contributed by atoms with Crippen molar-refractivity contribution in [2.75, 3.05) is 26.2 Å². The second-order valence-corrected chi connectivity index (χ2v) is 9.86. The largest absolute Gasteiger partial charge is 0.376 e. The Morgan fingerprint density at radius 3 is 2.62 bits per heavy atom. The van der Waals surface area contributed by atoms with Gasteiger partial charge in [0, 0.05) is 43.3 Å². The number of aromatic nitrogens is 1. The lowest BCUT2D eigenvalue weighted by Gasteiger charge is -2.20. The molecule has 2 aromatic rings. The van der Waals surface area contributed by atoms with Crippen molar-refractivity contribution in [3.63, 3.8) is 0 Å². The molecule has 158 valence electrons. The molecule has 3 heterocycles. The van der Waals surface area contributed by atoms with Crippen LogP contribution in [0.25, 0.3) is 10.9 Å². The predicted octanol–water partition coefficient (Wildman–Crippen LogP) is 2.50. The Morgan fingerprint density at radius 1 is 1.10 bits per heavy atom. The molecule has 4 rings (SSSR count). The molecule has 1 N–H and O–H groups in total. The van der Waals surface area contributed by atoms with E-state index in [1.807, 2.05) is 16.8 Å². The van der Waals surface area contributed by atoms with Gasteiger partial charge in [0.25, 0.3) is 0 Å². The van der Waals surface area contributed by atoms with Crippen LogP contribution in [0.4, 0.5) is 0 Å². The van der Waals surface area contributed by atoms with Gasteiger partial charge < -0.3 is 14.6 Å². The monoisotopic (exact) mass is 419 g/mol. The van der Waals surface area contributed by atoms with Crippen molar-refractivity contribution in [3.8, 4) is 0 Å². The molecule has 0 saturated carbocycles. The molecule has 2 saturated heterocycles. The van der Waals surface area contributed by atoms with E-state index < -0.39 is 10.0 Å². The number of nitrogens with one attached hydrogen (secondary N) is 1. The van der Waals surface area contributed by atoms with Crippen molar-refractivity contribution < 1.29 is 17.9 Å². The zero-order chi connectivity index (χ0) is 20.3. The number of fused-ring (bicyclic) bond motifs is 1. The van der Waals surface area contributed by atoms with Gasteiger partial charge in [-0.1, -0.05) is 12.8 Å². The minimum Gasteiger partial charge on any atom is -0.376 e. The number of carbonyl (C=O) groups is 1. The van der Waals surface area contributed by atoms with E-state index in [9.17, 15) is 13.2 Å². The third-order valence-electron chi connectivity index (χ3n) is 5.81. The number of carbonyl (C=O) groups excluding carboxylic acids is 1. The number of benzene rings is 1. The van der Waals surface area contributed by atoms with Gasteiger partial charge in [0.1, 0.15) is 6.54 Å². The highest BCUT2D eigenvalue weighted by atomic mass is 32.2. The summed E-state index contributed by atoms with van der Waals surface area (Å²) in [7, 11) is -3.48. The highest BCUT2D eigenvalue weighted by Gasteiger charge is 2.25. The first-order valence-corrected chi connectivity index (χ1v) is 12.0. The summed E-state index contributed by atoms with van der Waals surface area (Å²) in [4.78, 5) is 12.6. The Labute approximate surface area is 172 Å². The Hall–Kier alpha value is -1.90. The summed E-state index contributed by atoms with van der Waals surface area (Å²) in [6.07, 6.45) is 7.99. The fourth-order valence-electron chi connectivity index (χ4n) is 4.15. The first kappa shape index (κ1) is 20.4. The van der Waals surface area contributed by atoms with E-state index in [1.165, 1.54) is 0 Å². The lowest BCUT2D eigenvalue weighted by atomic mass is 10.2. The zero-order valence-electron chi connectivity index (χ0n) is 16.7. The van der Waals surface area contributed by atoms with Crippen molar-refractivity contribution in [1.82, 2.24) is 14.2 Å². The number of nitrogens with zero attached hydrogens (tertiary/aromatic N) is 2. The minimum absolute atomic E-state index is 0.0701. The number of hydrogen-bond acceptors (Lipinski definition) is 4. The molecule has 2 aliphatic heterocycles. The van der Waals surface area contributed by atoms with Crippen molar-refractivity contribution in [2.45, 2.75) is 56.1 Å². The summed E-state index contributed by atoms with van der Waals surface area (Å²) in [6, 6.07) is 7.04. The third kappa shape index (κ3) is 4.65. The standard InChI is InChI=1S/C21H29N3O4S/c25-21(22-15-18-6-5-13-28-18)16-23-12-9-17-14-19(7-8-20(17)23)29(26,27)24-10-3-1-2-4-11-24/h7-9,12,14,18H,1-6,10-11,13,15-16H2,(H,22,25)/t18-/m1/s1. The van der Waals surface area contributed by atoms with E-state index in [4.69, 9.17) is 4.74 Å². The summed E-state index contributed by atoms with van der Waals surface area (Å²) >= 11 is 0. The average Bonchev–Trinajstić information content (AvgIpc) is 3.28. The van der Waals surface area contributed by atoms with Crippen LogP contribution in [0.2, 0.25) is 0 Å². The molecule has 0 aliphatic carbocycles. The van der Waals surface area contributed by atoms with Gasteiger partial charge in [-0.25, -0.2) is 8.42 Å². The number of hydrogen-bond donors (Lipinski definition) is 1. The van der Waals surface area contributed by atoms with E-state index in [0.717, 1.165) is 56.0 Å². The molecule has 29 heavy (non-hydrogen) atoms. The molecule has 0 unspecified atom stereocenters. The van der Waals surface area contributed by atoms with Crippen LogP contribution in [-0.2, 0) is 26.1 Å². The molecule has 0 radical (unpaired) electrons. The van der Waals surface area contributed by atoms with Crippen molar-refractivity contribution in [2.24, 2.45) is 0 Å². The zero-order valence-corrected chi connectivity index (χ0v) is 17.5. The van der Waals surface area contributed by atoms with E-state index in [-0.39, 0.29) is 18.6 Å². The van der Waals surface area contributed by atoms with Gasteiger partial charge in [-0.3, -0.25) is 4.79 Å². The van der Waals surface area contributed by atoms with Gasteiger partial charge in [0.15, 0.2) is 0 Å². The molecular formula is C21H29N3O4S. The van der Waals surface area contributed by atoms with E-state index >= 15 is 0 Å². The lowest BCUT2D eigenvalue weighted by molar-refractivity contribution is -0.122. The summed E-state index contributed by atoms with van der Waals surface area (Å²) < 4.78 is 35.0. The molecule has 0 bridgehead atoms. The molecule has 8 heteroatoms. The fourth-order valence-corrected chi connectivity index (χ4v) is 5.70. The summed E-state index contributed by atoms with van der Waals surface area (Å²) in [5.41, 5.74) is 0.854. The highest BCUT2D eigenvalue weighted by molar-refractivity contribution is 7.89. The van der Waals surface area contributed by atoms with E-state index in [1.54, 1.807) is 22.5 Å². The van der Waals surface area contributed by atoms with Crippen LogP contribution in [0.15, 0.2) is 35.4 Å². The van der Waals surface area contributed by atoms with Gasteiger partial charge in [-0.2, -0.15) is 4.31 Å². The van der Waals surface area contributed by atoms with Gasteiger partial charge in [-0.15, -0.1) is 0 Å². The summed E-state index contributed by atoms with van der Waals surface area (Å²) in [5, 5.41) is 3.75. The van der Waals surface area contributed by atoms with Crippen LogP contribution < -0.4 is 5.32 Å². The first-order chi connectivity index (χ1) is 14.0. The topological polar surface area (TPSA) is 80.6 Å². The summed E-state index contributed by atoms with van der Waals surface area (Å²) in [6.45, 7) is 2.69. The highest BCUT2D eigenvalue weighted by Crippen LogP contribution is 2.25. The lowest BCUT2D eigenvalue weighted by Crippen LogP contribution is -2.34. The molecule has 7 nitrogen and oxygen atoms in total. The smallest absolute Gasteiger partial charge is 0.243 e. The van der Waals surface area contributed by atoms with E-state index in [0.29, 0.717) is 24.5 Å². The Bertz CT molecular complexity index is 955. The van der Waals surface area contributed by atoms with Gasteiger partial charge >= 0.3 is 0 Å². The second-order valence-electron chi connectivity index (χ2n) is 7.92. The maximum Gasteiger partial charge on any atom is 0.243 e. The van der Waals surface area contributed by atoms with Crippen LogP contribution in [0.3, 0.4) is 0 Å². The summed E-state index contributed by atoms with van der Waals surface area (Å²) in [5.74, 6) is -0.0701. The molecular weight excluding hydrogens is 390 g/mol. The minimum atomic E-state index is -3.48. The average molecular weight is 420 g/mol. The quantitative estimate of drug-likeness (QED) is 0.780. The van der Waals surface area contributed by atoms with Crippen molar-refractivity contribution >= 4 is 26.8 Å². The van der Waals surface area contributed by atoms with Gasteiger partial charge in [0.05, 0.1) is 11.0 Å². The molecule has 1 aromatic carbocycles. The number of ether oxygens (including phenoxy) is 1. The Kier molecular flexibility index (Phi) is 6.22. The van der Waals surface area contributed by atoms with Crippen LogP contribution in [-0.4, -0.2) is 55.5 Å². The number of amides is 1. The number of rotatable bonds is 6.